The smallest absolute Gasteiger partial charge is 0.328 e. The molecule has 4 heteroatoms. The number of rotatable bonds is 8. The van der Waals surface area contributed by atoms with Gasteiger partial charge < -0.3 is 15.2 Å². The van der Waals surface area contributed by atoms with Crippen LogP contribution in [-0.2, 0) is 27.3 Å². The third-order valence-corrected chi connectivity index (χ3v) is 3.77. The summed E-state index contributed by atoms with van der Waals surface area (Å²) in [6.07, 6.45) is 1.17. The average molecular weight is 313 g/mol. The van der Waals surface area contributed by atoms with E-state index >= 15 is 0 Å². The largest absolute Gasteiger partial charge is 0.468 e. The van der Waals surface area contributed by atoms with Crippen LogP contribution >= 0.6 is 0 Å². The Hall–Kier alpha value is -2.17. The topological polar surface area (TPSA) is 61.5 Å². The molecule has 4 nitrogen and oxygen atoms in total. The van der Waals surface area contributed by atoms with Crippen LogP contribution in [0.1, 0.15) is 17.5 Å². The van der Waals surface area contributed by atoms with Crippen molar-refractivity contribution in [1.29, 1.82) is 0 Å². The Morgan fingerprint density at radius 2 is 1.57 bits per heavy atom. The van der Waals surface area contributed by atoms with Crippen molar-refractivity contribution in [3.05, 3.63) is 71.8 Å². The molecular formula is C19H23NO3. The van der Waals surface area contributed by atoms with Crippen LogP contribution in [0.15, 0.2) is 60.7 Å². The summed E-state index contributed by atoms with van der Waals surface area (Å²) in [4.78, 5) is 12.1. The second-order valence-corrected chi connectivity index (χ2v) is 5.61. The maximum absolute atomic E-state index is 12.1. The second-order valence-electron chi connectivity index (χ2n) is 5.61. The molecule has 0 heterocycles. The van der Waals surface area contributed by atoms with Crippen LogP contribution < -0.4 is 5.73 Å². The minimum atomic E-state index is -1.14. The molecule has 0 aliphatic rings. The highest BCUT2D eigenvalue weighted by molar-refractivity contribution is 5.80. The summed E-state index contributed by atoms with van der Waals surface area (Å²) in [6.45, 7) is 0.545. The van der Waals surface area contributed by atoms with Gasteiger partial charge in [0.05, 0.1) is 20.3 Å². The molecule has 0 aliphatic carbocycles. The van der Waals surface area contributed by atoms with E-state index in [0.717, 1.165) is 11.1 Å². The first-order valence-electron chi connectivity index (χ1n) is 7.67. The first kappa shape index (κ1) is 17.2. The van der Waals surface area contributed by atoms with Crippen molar-refractivity contribution in [2.75, 3.05) is 13.7 Å². The minimum Gasteiger partial charge on any atom is -0.468 e. The third kappa shape index (κ3) is 5.20. The van der Waals surface area contributed by atoms with Crippen LogP contribution in [0.2, 0.25) is 0 Å². The first-order valence-corrected chi connectivity index (χ1v) is 7.67. The highest BCUT2D eigenvalue weighted by atomic mass is 16.5. The lowest BCUT2D eigenvalue weighted by Crippen LogP contribution is -2.53. The molecule has 0 saturated heterocycles. The Labute approximate surface area is 137 Å². The predicted molar refractivity (Wildman–Crippen MR) is 89.8 cm³/mol. The Morgan fingerprint density at radius 3 is 2.13 bits per heavy atom. The standard InChI is InChI=1S/C19H23NO3/c1-22-18(21)19(20,13-12-16-8-4-2-5-9-16)15-23-14-17-10-6-3-7-11-17/h2-11H,12-15,20H2,1H3/t19-/m0/s1. The van der Waals surface area contributed by atoms with E-state index in [-0.39, 0.29) is 6.61 Å². The highest BCUT2D eigenvalue weighted by Gasteiger charge is 2.35. The summed E-state index contributed by atoms with van der Waals surface area (Å²) < 4.78 is 10.5. The Morgan fingerprint density at radius 1 is 1.00 bits per heavy atom. The second kappa shape index (κ2) is 8.46. The van der Waals surface area contributed by atoms with Gasteiger partial charge in [0, 0.05) is 0 Å². The van der Waals surface area contributed by atoms with Crippen LogP contribution in [-0.4, -0.2) is 25.2 Å². The van der Waals surface area contributed by atoms with Crippen molar-refractivity contribution >= 4 is 5.97 Å². The number of esters is 1. The molecule has 0 fully saturated rings. The van der Waals surface area contributed by atoms with Gasteiger partial charge in [0.1, 0.15) is 5.54 Å². The molecule has 1 atom stereocenters. The van der Waals surface area contributed by atoms with Crippen LogP contribution in [0.5, 0.6) is 0 Å². The lowest BCUT2D eigenvalue weighted by atomic mass is 9.93. The first-order chi connectivity index (χ1) is 11.1. The molecule has 2 aromatic rings. The number of nitrogens with two attached hydrogens (primary N) is 1. The molecule has 122 valence electrons. The molecule has 0 aliphatic heterocycles. The Bertz CT molecular complexity index is 601. The van der Waals surface area contributed by atoms with Gasteiger partial charge in [-0.15, -0.1) is 0 Å². The molecule has 2 N–H and O–H groups in total. The molecule has 2 aromatic carbocycles. The van der Waals surface area contributed by atoms with E-state index in [1.165, 1.54) is 7.11 Å². The van der Waals surface area contributed by atoms with Gasteiger partial charge in [-0.3, -0.25) is 0 Å². The van der Waals surface area contributed by atoms with E-state index in [4.69, 9.17) is 15.2 Å². The van der Waals surface area contributed by atoms with Crippen molar-refractivity contribution in [2.45, 2.75) is 25.0 Å². The highest BCUT2D eigenvalue weighted by Crippen LogP contribution is 2.16. The van der Waals surface area contributed by atoms with Crippen LogP contribution in [0, 0.1) is 0 Å². The Balaban J connectivity index is 1.93. The summed E-state index contributed by atoms with van der Waals surface area (Å²) >= 11 is 0. The summed E-state index contributed by atoms with van der Waals surface area (Å²) in [5, 5.41) is 0. The summed E-state index contributed by atoms with van der Waals surface area (Å²) in [5.74, 6) is -0.443. The predicted octanol–water partition coefficient (Wildman–Crippen LogP) is 2.71. The maximum Gasteiger partial charge on any atom is 0.328 e. The van der Waals surface area contributed by atoms with E-state index in [2.05, 4.69) is 0 Å². The SMILES string of the molecule is COC(=O)[C@](N)(CCc1ccccc1)COCc1ccccc1. The van der Waals surface area contributed by atoms with Gasteiger partial charge >= 0.3 is 5.97 Å². The lowest BCUT2D eigenvalue weighted by molar-refractivity contribution is -0.150. The van der Waals surface area contributed by atoms with E-state index in [1.54, 1.807) is 0 Å². The number of ether oxygens (including phenoxy) is 2. The molecule has 0 aromatic heterocycles. The molecule has 0 bridgehead atoms. The van der Waals surface area contributed by atoms with Gasteiger partial charge in [0.2, 0.25) is 0 Å². The summed E-state index contributed by atoms with van der Waals surface area (Å²) in [7, 11) is 1.35. The van der Waals surface area contributed by atoms with Gasteiger partial charge in [0.15, 0.2) is 0 Å². The summed E-state index contributed by atoms with van der Waals surface area (Å²) in [5.41, 5.74) is 7.30. The average Bonchev–Trinajstić information content (AvgIpc) is 2.61. The fourth-order valence-corrected chi connectivity index (χ4v) is 2.37. The Kier molecular flexibility index (Phi) is 6.32. The minimum absolute atomic E-state index is 0.126. The van der Waals surface area contributed by atoms with Crippen LogP contribution in [0.4, 0.5) is 0 Å². The third-order valence-electron chi connectivity index (χ3n) is 3.77. The number of methoxy groups -OCH3 is 1. The van der Waals surface area contributed by atoms with E-state index in [9.17, 15) is 4.79 Å². The van der Waals surface area contributed by atoms with Gasteiger partial charge in [-0.2, -0.15) is 0 Å². The van der Waals surface area contributed by atoms with Gasteiger partial charge in [-0.05, 0) is 24.0 Å². The van der Waals surface area contributed by atoms with Crippen LogP contribution in [0.25, 0.3) is 0 Å². The fraction of sp³-hybridized carbons (Fsp3) is 0.316. The van der Waals surface area contributed by atoms with Gasteiger partial charge in [-0.25, -0.2) is 4.79 Å². The van der Waals surface area contributed by atoms with Crippen molar-refractivity contribution in [2.24, 2.45) is 5.73 Å². The van der Waals surface area contributed by atoms with Crippen molar-refractivity contribution in [3.8, 4) is 0 Å². The van der Waals surface area contributed by atoms with Gasteiger partial charge in [0.25, 0.3) is 0 Å². The van der Waals surface area contributed by atoms with E-state index in [1.807, 2.05) is 60.7 Å². The molecule has 0 unspecified atom stereocenters. The monoisotopic (exact) mass is 313 g/mol. The molecule has 0 amide bonds. The number of carbonyl (C=O) groups is 1. The molecule has 0 saturated carbocycles. The quantitative estimate of drug-likeness (QED) is 0.761. The number of aryl methyl sites for hydroxylation is 1. The molecule has 23 heavy (non-hydrogen) atoms. The summed E-state index contributed by atoms with van der Waals surface area (Å²) in [6, 6.07) is 19.7. The lowest BCUT2D eigenvalue weighted by Gasteiger charge is -2.26. The zero-order valence-corrected chi connectivity index (χ0v) is 13.4. The molecular weight excluding hydrogens is 290 g/mol. The molecule has 2 rings (SSSR count). The number of carbonyl (C=O) groups excluding carboxylic acids is 1. The normalized spacial score (nSPS) is 13.3. The fourth-order valence-electron chi connectivity index (χ4n) is 2.37. The van der Waals surface area contributed by atoms with Crippen LogP contribution in [0.3, 0.4) is 0 Å². The van der Waals surface area contributed by atoms with Crippen molar-refractivity contribution in [1.82, 2.24) is 0 Å². The van der Waals surface area contributed by atoms with E-state index < -0.39 is 11.5 Å². The zero-order valence-electron chi connectivity index (χ0n) is 13.4. The number of hydrogen-bond donors (Lipinski definition) is 1. The maximum atomic E-state index is 12.1. The number of hydrogen-bond acceptors (Lipinski definition) is 4. The van der Waals surface area contributed by atoms with Crippen molar-refractivity contribution in [3.63, 3.8) is 0 Å². The zero-order chi connectivity index (χ0) is 16.5. The molecule has 0 radical (unpaired) electrons. The van der Waals surface area contributed by atoms with E-state index in [0.29, 0.717) is 19.4 Å². The van der Waals surface area contributed by atoms with Gasteiger partial charge in [-0.1, -0.05) is 60.7 Å². The number of benzene rings is 2. The van der Waals surface area contributed by atoms with Crippen molar-refractivity contribution < 1.29 is 14.3 Å². The molecule has 0 spiro atoms.